The zero-order valence-electron chi connectivity index (χ0n) is 28.1. The Balaban J connectivity index is 1.00. The molecule has 2 heterocycles. The van der Waals surface area contributed by atoms with Gasteiger partial charge in [-0.2, -0.15) is 0 Å². The van der Waals surface area contributed by atoms with Crippen LogP contribution in [0.3, 0.4) is 0 Å². The van der Waals surface area contributed by atoms with Gasteiger partial charge in [0.15, 0.2) is 23.0 Å². The predicted molar refractivity (Wildman–Crippen MR) is 217 cm³/mol. The van der Waals surface area contributed by atoms with Crippen LogP contribution in [0.15, 0.2) is 188 Å². The molecule has 4 heteroatoms. The van der Waals surface area contributed by atoms with Crippen molar-refractivity contribution in [2.24, 2.45) is 0 Å². The third kappa shape index (κ3) is 5.47. The monoisotopic (exact) mass is 685 g/mol. The topological polar surface area (TPSA) is 21.7 Å². The Morgan fingerprint density at radius 2 is 0.712 bits per heavy atom. The summed E-state index contributed by atoms with van der Waals surface area (Å²) in [6.45, 7) is 0. The molecule has 0 atom stereocenters. The van der Waals surface area contributed by atoms with Crippen LogP contribution in [0.5, 0.6) is 23.0 Å². The third-order valence-electron chi connectivity index (χ3n) is 9.75. The van der Waals surface area contributed by atoms with Gasteiger partial charge in [-0.25, -0.2) is 0 Å². The van der Waals surface area contributed by atoms with E-state index < -0.39 is 0 Å². The highest BCUT2D eigenvalue weighted by atomic mass is 32.1. The first-order chi connectivity index (χ1) is 25.7. The Morgan fingerprint density at radius 3 is 1.23 bits per heavy atom. The number of para-hydroxylation sites is 2. The summed E-state index contributed by atoms with van der Waals surface area (Å²) in [5, 5.41) is 2.38. The van der Waals surface area contributed by atoms with Gasteiger partial charge in [-0.05, 0) is 100 Å². The van der Waals surface area contributed by atoms with Crippen molar-refractivity contribution >= 4 is 48.6 Å². The van der Waals surface area contributed by atoms with Gasteiger partial charge in [0.05, 0.1) is 0 Å². The lowest BCUT2D eigenvalue weighted by atomic mass is 10.0. The van der Waals surface area contributed by atoms with Crippen LogP contribution in [0, 0.1) is 0 Å². The predicted octanol–water partition coefficient (Wildman–Crippen LogP) is 14.4. The van der Waals surface area contributed by atoms with Crippen LogP contribution in [-0.4, -0.2) is 0 Å². The summed E-state index contributed by atoms with van der Waals surface area (Å²) in [6, 6.07) is 66.4. The second-order valence-electron chi connectivity index (χ2n) is 13.0. The zero-order valence-corrected chi connectivity index (χ0v) is 28.9. The maximum absolute atomic E-state index is 6.26. The molecule has 0 unspecified atom stereocenters. The van der Waals surface area contributed by atoms with Crippen LogP contribution in [0.1, 0.15) is 0 Å². The summed E-state index contributed by atoms with van der Waals surface area (Å²) in [6.07, 6.45) is 0. The van der Waals surface area contributed by atoms with Gasteiger partial charge in [0.1, 0.15) is 0 Å². The van der Waals surface area contributed by atoms with Gasteiger partial charge in [-0.1, -0.05) is 115 Å². The summed E-state index contributed by atoms with van der Waals surface area (Å²) >= 11 is 1.78. The molecule has 1 aliphatic rings. The molecule has 8 aromatic carbocycles. The first-order valence-electron chi connectivity index (χ1n) is 17.4. The summed E-state index contributed by atoms with van der Waals surface area (Å²) < 4.78 is 14.9. The average molecular weight is 686 g/mol. The summed E-state index contributed by atoms with van der Waals surface area (Å²) in [4.78, 5) is 2.33. The van der Waals surface area contributed by atoms with Crippen LogP contribution in [0.25, 0.3) is 53.6 Å². The van der Waals surface area contributed by atoms with E-state index in [-0.39, 0.29) is 0 Å². The van der Waals surface area contributed by atoms with Crippen LogP contribution >= 0.6 is 11.3 Å². The molecule has 0 saturated heterocycles. The standard InChI is InChI=1S/C48H31NO2S/c1-3-9-32(10-4-1)34-15-22-38(23-16-34)49(39-24-17-35(18-25-39)33-11-5-2-6-12-33)40-26-19-36(20-27-40)37-21-28-47-41(29-37)42-30-45-46(31-48(42)52-47)51-44-14-8-7-13-43(44)50-45/h1-31H. The Morgan fingerprint density at radius 1 is 0.308 bits per heavy atom. The fourth-order valence-corrected chi connectivity index (χ4v) is 8.19. The van der Waals surface area contributed by atoms with E-state index in [0.717, 1.165) is 45.6 Å². The maximum atomic E-state index is 6.26. The summed E-state index contributed by atoms with van der Waals surface area (Å²) in [7, 11) is 0. The smallest absolute Gasteiger partial charge is 0.171 e. The molecule has 246 valence electrons. The van der Waals surface area contributed by atoms with Gasteiger partial charge in [-0.3, -0.25) is 0 Å². The van der Waals surface area contributed by atoms with Crippen molar-refractivity contribution < 1.29 is 9.47 Å². The quantitative estimate of drug-likeness (QED) is 0.174. The lowest BCUT2D eigenvalue weighted by Gasteiger charge is -2.26. The average Bonchev–Trinajstić information content (AvgIpc) is 3.57. The molecule has 0 fully saturated rings. The molecule has 0 spiro atoms. The minimum absolute atomic E-state index is 0.739. The summed E-state index contributed by atoms with van der Waals surface area (Å²) in [5.74, 6) is 2.98. The highest BCUT2D eigenvalue weighted by Gasteiger charge is 2.21. The Bertz CT molecular complexity index is 2620. The molecule has 0 radical (unpaired) electrons. The van der Waals surface area contributed by atoms with Crippen molar-refractivity contribution in [3.05, 3.63) is 188 Å². The number of nitrogens with zero attached hydrogens (tertiary/aromatic N) is 1. The summed E-state index contributed by atoms with van der Waals surface area (Å²) in [5.41, 5.74) is 10.4. The highest BCUT2D eigenvalue weighted by molar-refractivity contribution is 7.25. The molecule has 1 aromatic heterocycles. The van der Waals surface area contributed by atoms with E-state index >= 15 is 0 Å². The molecule has 0 aliphatic carbocycles. The molecule has 0 N–H and O–H groups in total. The molecule has 0 amide bonds. The van der Waals surface area contributed by atoms with Crippen LogP contribution in [0.2, 0.25) is 0 Å². The van der Waals surface area contributed by atoms with Crippen molar-refractivity contribution in [3.63, 3.8) is 0 Å². The van der Waals surface area contributed by atoms with E-state index in [0.29, 0.717) is 0 Å². The van der Waals surface area contributed by atoms with E-state index in [4.69, 9.17) is 9.47 Å². The molecule has 10 rings (SSSR count). The SMILES string of the molecule is c1ccc(-c2ccc(N(c3ccc(-c4ccccc4)cc3)c3ccc(-c4ccc5sc6cc7c(cc6c5c4)Oc4ccccc4O7)cc3)cc2)cc1. The van der Waals surface area contributed by atoms with Crippen molar-refractivity contribution in [1.29, 1.82) is 0 Å². The Hall–Kier alpha value is -6.62. The molecule has 0 saturated carbocycles. The van der Waals surface area contributed by atoms with Crippen LogP contribution in [-0.2, 0) is 0 Å². The molecular weight excluding hydrogens is 655 g/mol. The first kappa shape index (κ1) is 30.2. The van der Waals surface area contributed by atoms with E-state index in [1.165, 1.54) is 48.0 Å². The fourth-order valence-electron chi connectivity index (χ4n) is 7.10. The van der Waals surface area contributed by atoms with E-state index in [2.05, 4.69) is 169 Å². The largest absolute Gasteiger partial charge is 0.449 e. The van der Waals surface area contributed by atoms with Gasteiger partial charge >= 0.3 is 0 Å². The minimum Gasteiger partial charge on any atom is -0.449 e. The number of benzene rings is 8. The van der Waals surface area contributed by atoms with Gasteiger partial charge in [-0.15, -0.1) is 11.3 Å². The Kier molecular flexibility index (Phi) is 7.33. The maximum Gasteiger partial charge on any atom is 0.171 e. The lowest BCUT2D eigenvalue weighted by molar-refractivity contribution is 0.360. The fraction of sp³-hybridized carbons (Fsp3) is 0. The van der Waals surface area contributed by atoms with Crippen molar-refractivity contribution in [1.82, 2.24) is 0 Å². The Labute approximate surface area is 306 Å². The third-order valence-corrected chi connectivity index (χ3v) is 10.9. The number of thiophene rings is 1. The molecule has 52 heavy (non-hydrogen) atoms. The van der Waals surface area contributed by atoms with Gasteiger partial charge in [0.25, 0.3) is 0 Å². The molecule has 3 nitrogen and oxygen atoms in total. The number of fused-ring (bicyclic) bond motifs is 5. The van der Waals surface area contributed by atoms with Gasteiger partial charge in [0, 0.05) is 43.3 Å². The molecule has 1 aliphatic heterocycles. The zero-order chi connectivity index (χ0) is 34.4. The van der Waals surface area contributed by atoms with E-state index in [1.807, 2.05) is 24.3 Å². The number of hydrogen-bond acceptors (Lipinski definition) is 4. The first-order valence-corrected chi connectivity index (χ1v) is 18.2. The highest BCUT2D eigenvalue weighted by Crippen LogP contribution is 2.49. The van der Waals surface area contributed by atoms with E-state index in [9.17, 15) is 0 Å². The second-order valence-corrected chi connectivity index (χ2v) is 14.1. The van der Waals surface area contributed by atoms with Crippen LogP contribution in [0.4, 0.5) is 17.1 Å². The number of hydrogen-bond donors (Lipinski definition) is 0. The van der Waals surface area contributed by atoms with Crippen molar-refractivity contribution in [3.8, 4) is 56.4 Å². The van der Waals surface area contributed by atoms with Crippen molar-refractivity contribution in [2.75, 3.05) is 4.90 Å². The molecule has 0 bridgehead atoms. The minimum atomic E-state index is 0.739. The van der Waals surface area contributed by atoms with Gasteiger partial charge < -0.3 is 14.4 Å². The van der Waals surface area contributed by atoms with Crippen LogP contribution < -0.4 is 14.4 Å². The van der Waals surface area contributed by atoms with E-state index in [1.54, 1.807) is 11.3 Å². The number of ether oxygens (including phenoxy) is 2. The van der Waals surface area contributed by atoms with Gasteiger partial charge in [0.2, 0.25) is 0 Å². The lowest BCUT2D eigenvalue weighted by Crippen LogP contribution is -2.09. The normalized spacial score (nSPS) is 11.8. The molecular formula is C48H31NO2S. The van der Waals surface area contributed by atoms with Crippen molar-refractivity contribution in [2.45, 2.75) is 0 Å². The second kappa shape index (κ2) is 12.6. The number of rotatable bonds is 6. The molecule has 9 aromatic rings. The number of anilines is 3.